The number of benzene rings is 1. The van der Waals surface area contributed by atoms with E-state index in [4.69, 9.17) is 5.73 Å². The van der Waals surface area contributed by atoms with E-state index in [0.29, 0.717) is 6.42 Å². The van der Waals surface area contributed by atoms with Gasteiger partial charge in [-0.05, 0) is 30.5 Å². The normalized spacial score (nSPS) is 13.3. The van der Waals surface area contributed by atoms with Crippen LogP contribution in [0, 0.1) is 5.92 Å². The SMILES string of the molecule is CC(C)C[C@@H](N)c1cc(C(F)(F)F)ccc1O.Cl. The molecular formula is C12H17ClF3NO. The smallest absolute Gasteiger partial charge is 0.416 e. The second-order valence-corrected chi connectivity index (χ2v) is 4.51. The van der Waals surface area contributed by atoms with Gasteiger partial charge in [0.15, 0.2) is 0 Å². The second-order valence-electron chi connectivity index (χ2n) is 4.51. The molecule has 0 aliphatic rings. The molecule has 104 valence electrons. The highest BCUT2D eigenvalue weighted by Crippen LogP contribution is 2.35. The summed E-state index contributed by atoms with van der Waals surface area (Å²) in [4.78, 5) is 0. The van der Waals surface area contributed by atoms with Crippen molar-refractivity contribution in [1.29, 1.82) is 0 Å². The predicted molar refractivity (Wildman–Crippen MR) is 66.7 cm³/mol. The summed E-state index contributed by atoms with van der Waals surface area (Å²) >= 11 is 0. The second kappa shape index (κ2) is 6.29. The fourth-order valence-corrected chi connectivity index (χ4v) is 1.66. The minimum atomic E-state index is -4.42. The van der Waals surface area contributed by atoms with Gasteiger partial charge >= 0.3 is 6.18 Å². The van der Waals surface area contributed by atoms with Gasteiger partial charge in [0.1, 0.15) is 5.75 Å². The van der Waals surface area contributed by atoms with Crippen LogP contribution in [0.3, 0.4) is 0 Å². The summed E-state index contributed by atoms with van der Waals surface area (Å²) < 4.78 is 37.5. The minimum Gasteiger partial charge on any atom is -0.508 e. The third-order valence-corrected chi connectivity index (χ3v) is 2.48. The lowest BCUT2D eigenvalue weighted by molar-refractivity contribution is -0.137. The van der Waals surface area contributed by atoms with Crippen LogP contribution in [0.25, 0.3) is 0 Å². The van der Waals surface area contributed by atoms with Crippen molar-refractivity contribution in [1.82, 2.24) is 0 Å². The zero-order chi connectivity index (χ0) is 13.2. The number of nitrogens with two attached hydrogens (primary N) is 1. The maximum absolute atomic E-state index is 12.5. The Kier molecular flexibility index (Phi) is 5.96. The lowest BCUT2D eigenvalue weighted by Gasteiger charge is -2.17. The first-order valence-electron chi connectivity index (χ1n) is 5.37. The van der Waals surface area contributed by atoms with Crippen molar-refractivity contribution < 1.29 is 18.3 Å². The molecular weight excluding hydrogens is 267 g/mol. The molecule has 0 unspecified atom stereocenters. The van der Waals surface area contributed by atoms with Crippen molar-refractivity contribution in [2.45, 2.75) is 32.5 Å². The van der Waals surface area contributed by atoms with Gasteiger partial charge in [0.2, 0.25) is 0 Å². The van der Waals surface area contributed by atoms with Gasteiger partial charge in [-0.3, -0.25) is 0 Å². The fourth-order valence-electron chi connectivity index (χ4n) is 1.66. The van der Waals surface area contributed by atoms with Gasteiger partial charge in [-0.1, -0.05) is 13.8 Å². The highest BCUT2D eigenvalue weighted by atomic mass is 35.5. The van der Waals surface area contributed by atoms with Crippen LogP contribution < -0.4 is 5.73 Å². The molecule has 1 aromatic rings. The predicted octanol–water partition coefficient (Wildman–Crippen LogP) is 3.88. The molecule has 2 nitrogen and oxygen atoms in total. The Hall–Kier alpha value is -0.940. The number of halogens is 4. The average Bonchev–Trinajstić information content (AvgIpc) is 2.15. The van der Waals surface area contributed by atoms with E-state index in [2.05, 4.69) is 0 Å². The van der Waals surface area contributed by atoms with Crippen molar-refractivity contribution in [2.24, 2.45) is 11.7 Å². The van der Waals surface area contributed by atoms with Crippen LogP contribution in [0.15, 0.2) is 18.2 Å². The van der Waals surface area contributed by atoms with Crippen molar-refractivity contribution in [2.75, 3.05) is 0 Å². The molecule has 0 radical (unpaired) electrons. The summed E-state index contributed by atoms with van der Waals surface area (Å²) in [5, 5.41) is 9.54. The van der Waals surface area contributed by atoms with Gasteiger partial charge in [-0.2, -0.15) is 13.2 Å². The van der Waals surface area contributed by atoms with Crippen molar-refractivity contribution in [3.05, 3.63) is 29.3 Å². The third-order valence-electron chi connectivity index (χ3n) is 2.48. The number of aromatic hydroxyl groups is 1. The van der Waals surface area contributed by atoms with Gasteiger partial charge < -0.3 is 10.8 Å². The highest BCUT2D eigenvalue weighted by molar-refractivity contribution is 5.85. The molecule has 0 aliphatic carbocycles. The Balaban J connectivity index is 0.00000289. The van der Waals surface area contributed by atoms with Crippen LogP contribution in [-0.4, -0.2) is 5.11 Å². The average molecular weight is 284 g/mol. The molecule has 18 heavy (non-hydrogen) atoms. The van der Waals surface area contributed by atoms with Crippen LogP contribution in [0.5, 0.6) is 5.75 Å². The summed E-state index contributed by atoms with van der Waals surface area (Å²) in [5.41, 5.74) is 5.14. The molecule has 1 rings (SSSR count). The summed E-state index contributed by atoms with van der Waals surface area (Å²) in [6.45, 7) is 3.84. The van der Waals surface area contributed by atoms with E-state index in [-0.39, 0.29) is 29.6 Å². The zero-order valence-electron chi connectivity index (χ0n) is 10.2. The molecule has 3 N–H and O–H groups in total. The number of hydrogen-bond donors (Lipinski definition) is 2. The summed E-state index contributed by atoms with van der Waals surface area (Å²) in [6, 6.07) is 2.22. The molecule has 1 atom stereocenters. The first kappa shape index (κ1) is 17.1. The monoisotopic (exact) mass is 283 g/mol. The number of hydrogen-bond acceptors (Lipinski definition) is 2. The molecule has 0 saturated carbocycles. The number of rotatable bonds is 3. The number of phenols is 1. The minimum absolute atomic E-state index is 0. The zero-order valence-corrected chi connectivity index (χ0v) is 11.0. The van der Waals surface area contributed by atoms with Gasteiger partial charge in [0, 0.05) is 11.6 Å². The van der Waals surface area contributed by atoms with Gasteiger partial charge in [-0.25, -0.2) is 0 Å². The summed E-state index contributed by atoms with van der Waals surface area (Å²) in [5.74, 6) is 0.0603. The Morgan fingerprint density at radius 3 is 2.28 bits per heavy atom. The standard InChI is InChI=1S/C12H16F3NO.ClH/c1-7(2)5-10(16)9-6-8(12(13,14)15)3-4-11(9)17;/h3-4,6-7,10,17H,5,16H2,1-2H3;1H/t10-;/m1./s1. The Morgan fingerprint density at radius 1 is 1.28 bits per heavy atom. The van der Waals surface area contributed by atoms with Crippen LogP contribution in [-0.2, 0) is 6.18 Å². The summed E-state index contributed by atoms with van der Waals surface area (Å²) in [6.07, 6.45) is -3.89. The Labute approximate surface area is 110 Å². The highest BCUT2D eigenvalue weighted by Gasteiger charge is 2.31. The van der Waals surface area contributed by atoms with Crippen molar-refractivity contribution in [3.63, 3.8) is 0 Å². The fraction of sp³-hybridized carbons (Fsp3) is 0.500. The molecule has 0 aliphatic heterocycles. The van der Waals surface area contributed by atoms with Crippen LogP contribution in [0.1, 0.15) is 37.4 Å². The van der Waals surface area contributed by atoms with Crippen LogP contribution >= 0.6 is 12.4 Å². The maximum Gasteiger partial charge on any atom is 0.416 e. The quantitative estimate of drug-likeness (QED) is 0.884. The molecule has 0 fully saturated rings. The topological polar surface area (TPSA) is 46.2 Å². The van der Waals surface area contributed by atoms with Crippen LogP contribution in [0.2, 0.25) is 0 Å². The van der Waals surface area contributed by atoms with E-state index in [1.165, 1.54) is 0 Å². The third kappa shape index (κ3) is 4.38. The Bertz CT molecular complexity index is 393. The lowest BCUT2D eigenvalue weighted by atomic mass is 9.95. The van der Waals surface area contributed by atoms with E-state index in [9.17, 15) is 18.3 Å². The molecule has 0 saturated heterocycles. The summed E-state index contributed by atoms with van der Waals surface area (Å²) in [7, 11) is 0. The van der Waals surface area contributed by atoms with E-state index < -0.39 is 17.8 Å². The maximum atomic E-state index is 12.5. The number of phenolic OH excluding ortho intramolecular Hbond substituents is 1. The van der Waals surface area contributed by atoms with E-state index in [1.807, 2.05) is 13.8 Å². The molecule has 1 aromatic carbocycles. The number of alkyl halides is 3. The van der Waals surface area contributed by atoms with Crippen molar-refractivity contribution in [3.8, 4) is 5.75 Å². The van der Waals surface area contributed by atoms with Crippen molar-refractivity contribution >= 4 is 12.4 Å². The van der Waals surface area contributed by atoms with E-state index in [1.54, 1.807) is 0 Å². The first-order valence-corrected chi connectivity index (χ1v) is 5.37. The van der Waals surface area contributed by atoms with Crippen LogP contribution in [0.4, 0.5) is 13.2 Å². The molecule has 0 bridgehead atoms. The lowest BCUT2D eigenvalue weighted by Crippen LogP contribution is -2.14. The van der Waals surface area contributed by atoms with E-state index in [0.717, 1.165) is 18.2 Å². The molecule has 0 amide bonds. The molecule has 6 heteroatoms. The first-order chi connectivity index (χ1) is 7.71. The van der Waals surface area contributed by atoms with E-state index >= 15 is 0 Å². The molecule has 0 heterocycles. The molecule has 0 aromatic heterocycles. The molecule has 0 spiro atoms. The van der Waals surface area contributed by atoms with Gasteiger partial charge in [0.25, 0.3) is 0 Å². The van der Waals surface area contributed by atoms with Gasteiger partial charge in [-0.15, -0.1) is 12.4 Å². The van der Waals surface area contributed by atoms with Gasteiger partial charge in [0.05, 0.1) is 5.56 Å². The largest absolute Gasteiger partial charge is 0.508 e. The Morgan fingerprint density at radius 2 is 1.83 bits per heavy atom.